The van der Waals surface area contributed by atoms with Gasteiger partial charge >= 0.3 is 6.09 Å². The molecule has 0 aromatic carbocycles. The molecule has 0 radical (unpaired) electrons. The van der Waals surface area contributed by atoms with Gasteiger partial charge in [-0.25, -0.2) is 4.79 Å². The van der Waals surface area contributed by atoms with Gasteiger partial charge in [-0.05, 0) is 41.5 Å². The van der Waals surface area contributed by atoms with Crippen molar-refractivity contribution >= 4 is 6.09 Å². The molecule has 0 heterocycles. The van der Waals surface area contributed by atoms with Gasteiger partial charge in [-0.3, -0.25) is 0 Å². The SMILES string of the molecule is CC(C)(C)C#CCOC(=O)NCCOCCOC(C)(C)C. The largest absolute Gasteiger partial charge is 0.436 e. The summed E-state index contributed by atoms with van der Waals surface area (Å²) in [5, 5.41) is 2.59. The van der Waals surface area contributed by atoms with Crippen LogP contribution >= 0.6 is 0 Å². The van der Waals surface area contributed by atoms with Crippen molar-refractivity contribution in [2.75, 3.05) is 33.0 Å². The topological polar surface area (TPSA) is 56.8 Å². The second-order valence-electron chi connectivity index (χ2n) is 6.63. The van der Waals surface area contributed by atoms with Crippen LogP contribution in [0.1, 0.15) is 41.5 Å². The molecule has 21 heavy (non-hydrogen) atoms. The number of hydrogen-bond acceptors (Lipinski definition) is 4. The fourth-order valence-corrected chi connectivity index (χ4v) is 1.19. The van der Waals surface area contributed by atoms with Crippen LogP contribution in [0.25, 0.3) is 0 Å². The summed E-state index contributed by atoms with van der Waals surface area (Å²) in [6, 6.07) is 0. The lowest BCUT2D eigenvalue weighted by Crippen LogP contribution is -2.29. The number of ether oxygens (including phenoxy) is 3. The van der Waals surface area contributed by atoms with E-state index in [2.05, 4.69) is 17.2 Å². The van der Waals surface area contributed by atoms with Crippen LogP contribution in [0.3, 0.4) is 0 Å². The lowest BCUT2D eigenvalue weighted by molar-refractivity contribution is -0.0342. The fraction of sp³-hybridized carbons (Fsp3) is 0.812. The van der Waals surface area contributed by atoms with Gasteiger partial charge in [-0.1, -0.05) is 11.8 Å². The van der Waals surface area contributed by atoms with Crippen molar-refractivity contribution in [2.24, 2.45) is 5.41 Å². The monoisotopic (exact) mass is 299 g/mol. The molecule has 5 heteroatoms. The second-order valence-corrected chi connectivity index (χ2v) is 6.63. The van der Waals surface area contributed by atoms with Gasteiger partial charge in [0.05, 0.1) is 25.4 Å². The number of alkyl carbamates (subject to hydrolysis) is 1. The van der Waals surface area contributed by atoms with Crippen molar-refractivity contribution in [3.63, 3.8) is 0 Å². The molecular formula is C16H29NO4. The van der Waals surface area contributed by atoms with Crippen molar-refractivity contribution in [3.05, 3.63) is 0 Å². The van der Waals surface area contributed by atoms with E-state index in [-0.39, 0.29) is 17.6 Å². The van der Waals surface area contributed by atoms with Crippen molar-refractivity contribution in [1.29, 1.82) is 0 Å². The Bertz CT molecular complexity index is 355. The molecule has 122 valence electrons. The van der Waals surface area contributed by atoms with E-state index in [0.29, 0.717) is 26.4 Å². The van der Waals surface area contributed by atoms with Gasteiger partial charge in [0, 0.05) is 12.0 Å². The van der Waals surface area contributed by atoms with Crippen LogP contribution < -0.4 is 5.32 Å². The summed E-state index contributed by atoms with van der Waals surface area (Å²) < 4.78 is 15.7. The Labute approximate surface area is 128 Å². The first-order valence-electron chi connectivity index (χ1n) is 7.22. The van der Waals surface area contributed by atoms with Crippen molar-refractivity contribution < 1.29 is 19.0 Å². The molecule has 0 aromatic rings. The molecule has 0 saturated carbocycles. The molecule has 0 aliphatic carbocycles. The average Bonchev–Trinajstić information content (AvgIpc) is 2.31. The Kier molecular flexibility index (Phi) is 9.07. The number of carbonyl (C=O) groups excluding carboxylic acids is 1. The van der Waals surface area contributed by atoms with Gasteiger partial charge in [0.25, 0.3) is 0 Å². The zero-order chi connectivity index (χ0) is 16.4. The van der Waals surface area contributed by atoms with Crippen LogP contribution in [0.2, 0.25) is 0 Å². The highest BCUT2D eigenvalue weighted by Crippen LogP contribution is 2.09. The molecule has 5 nitrogen and oxygen atoms in total. The van der Waals surface area contributed by atoms with E-state index in [0.717, 1.165) is 0 Å². The third-order valence-electron chi connectivity index (χ3n) is 2.02. The van der Waals surface area contributed by atoms with Gasteiger partial charge in [0.1, 0.15) is 0 Å². The molecule has 0 fully saturated rings. The van der Waals surface area contributed by atoms with E-state index in [9.17, 15) is 4.79 Å². The number of nitrogens with one attached hydrogen (secondary N) is 1. The minimum Gasteiger partial charge on any atom is -0.436 e. The maximum atomic E-state index is 11.3. The molecular weight excluding hydrogens is 270 g/mol. The number of amides is 1. The third-order valence-corrected chi connectivity index (χ3v) is 2.02. The highest BCUT2D eigenvalue weighted by atomic mass is 16.6. The smallest absolute Gasteiger partial charge is 0.408 e. The number of rotatable bonds is 7. The standard InChI is InChI=1S/C16H29NO4/c1-15(2,3)8-7-10-20-14(18)17-9-11-19-12-13-21-16(4,5)6/h9-13H2,1-6H3,(H,17,18). The van der Waals surface area contributed by atoms with Gasteiger partial charge in [0.15, 0.2) is 6.61 Å². The summed E-state index contributed by atoms with van der Waals surface area (Å²) in [4.78, 5) is 11.3. The summed E-state index contributed by atoms with van der Waals surface area (Å²) in [7, 11) is 0. The highest BCUT2D eigenvalue weighted by molar-refractivity contribution is 5.67. The molecule has 0 aliphatic heterocycles. The maximum absolute atomic E-state index is 11.3. The van der Waals surface area contributed by atoms with Crippen LogP contribution in [-0.2, 0) is 14.2 Å². The Morgan fingerprint density at radius 1 is 1.05 bits per heavy atom. The zero-order valence-electron chi connectivity index (χ0n) is 14.2. The van der Waals surface area contributed by atoms with Gasteiger partial charge < -0.3 is 19.5 Å². The van der Waals surface area contributed by atoms with Crippen LogP contribution in [0.15, 0.2) is 0 Å². The van der Waals surface area contributed by atoms with E-state index < -0.39 is 6.09 Å². The molecule has 1 amide bonds. The summed E-state index contributed by atoms with van der Waals surface area (Å²) in [6.45, 7) is 14.0. The van der Waals surface area contributed by atoms with Crippen molar-refractivity contribution in [1.82, 2.24) is 5.32 Å². The summed E-state index contributed by atoms with van der Waals surface area (Å²) in [6.07, 6.45) is -0.479. The first-order valence-corrected chi connectivity index (χ1v) is 7.22. The van der Waals surface area contributed by atoms with E-state index in [4.69, 9.17) is 14.2 Å². The van der Waals surface area contributed by atoms with Crippen LogP contribution in [-0.4, -0.2) is 44.7 Å². The van der Waals surface area contributed by atoms with Crippen LogP contribution in [0.4, 0.5) is 4.79 Å². The second kappa shape index (κ2) is 9.64. The summed E-state index contributed by atoms with van der Waals surface area (Å²) in [5.74, 6) is 5.79. The molecule has 0 rings (SSSR count). The molecule has 0 saturated heterocycles. The van der Waals surface area contributed by atoms with E-state index in [1.54, 1.807) is 0 Å². The molecule has 0 aromatic heterocycles. The van der Waals surface area contributed by atoms with Gasteiger partial charge in [-0.15, -0.1) is 0 Å². The van der Waals surface area contributed by atoms with Crippen LogP contribution in [0.5, 0.6) is 0 Å². The van der Waals surface area contributed by atoms with E-state index in [1.165, 1.54) is 0 Å². The lowest BCUT2D eigenvalue weighted by Gasteiger charge is -2.19. The number of carbonyl (C=O) groups is 1. The van der Waals surface area contributed by atoms with Crippen molar-refractivity contribution in [2.45, 2.75) is 47.1 Å². The Morgan fingerprint density at radius 3 is 2.29 bits per heavy atom. The lowest BCUT2D eigenvalue weighted by atomic mass is 9.98. The fourth-order valence-electron chi connectivity index (χ4n) is 1.19. The normalized spacial score (nSPS) is 11.5. The van der Waals surface area contributed by atoms with Crippen molar-refractivity contribution in [3.8, 4) is 11.8 Å². The Hall–Kier alpha value is -1.25. The quantitative estimate of drug-likeness (QED) is 0.580. The van der Waals surface area contributed by atoms with Gasteiger partial charge in [0.2, 0.25) is 0 Å². The molecule has 0 aliphatic rings. The first kappa shape index (κ1) is 19.8. The minimum absolute atomic E-state index is 0.0806. The average molecular weight is 299 g/mol. The maximum Gasteiger partial charge on any atom is 0.408 e. The number of hydrogen-bond donors (Lipinski definition) is 1. The third kappa shape index (κ3) is 16.7. The van der Waals surface area contributed by atoms with E-state index >= 15 is 0 Å². The minimum atomic E-state index is -0.479. The predicted molar refractivity (Wildman–Crippen MR) is 83.1 cm³/mol. The highest BCUT2D eigenvalue weighted by Gasteiger charge is 2.09. The van der Waals surface area contributed by atoms with Gasteiger partial charge in [-0.2, -0.15) is 0 Å². The first-order chi connectivity index (χ1) is 9.60. The summed E-state index contributed by atoms with van der Waals surface area (Å²) in [5.41, 5.74) is -0.234. The van der Waals surface area contributed by atoms with Crippen LogP contribution in [0, 0.1) is 17.3 Å². The summed E-state index contributed by atoms with van der Waals surface area (Å²) >= 11 is 0. The molecule has 0 spiro atoms. The zero-order valence-corrected chi connectivity index (χ0v) is 14.2. The Balaban J connectivity index is 3.48. The predicted octanol–water partition coefficient (Wildman–Crippen LogP) is 2.59. The Morgan fingerprint density at radius 2 is 1.71 bits per heavy atom. The molecule has 0 atom stereocenters. The molecule has 0 unspecified atom stereocenters. The molecule has 0 bridgehead atoms. The molecule has 1 N–H and O–H groups in total. The van der Waals surface area contributed by atoms with E-state index in [1.807, 2.05) is 41.5 Å².